The standard InChI is InChI=1S/C20H29N7O2/c1-16-19(27(28)29)20(23(2)22-16)26-9-5-6-17(15-26)14-24-10-12-25(13-11-24)18-7-3-4-8-21-18/h3-4,7-8,17H,5-6,9-15H2,1-2H3. The van der Waals surface area contributed by atoms with Gasteiger partial charge in [-0.2, -0.15) is 5.10 Å². The van der Waals surface area contributed by atoms with Gasteiger partial charge in [0.25, 0.3) is 0 Å². The van der Waals surface area contributed by atoms with E-state index in [1.54, 1.807) is 18.7 Å². The lowest BCUT2D eigenvalue weighted by atomic mass is 9.97. The van der Waals surface area contributed by atoms with Crippen molar-refractivity contribution in [3.63, 3.8) is 0 Å². The second-order valence-corrected chi connectivity index (χ2v) is 8.07. The van der Waals surface area contributed by atoms with E-state index in [9.17, 15) is 10.1 Å². The highest BCUT2D eigenvalue weighted by Gasteiger charge is 2.32. The first kappa shape index (κ1) is 19.6. The highest BCUT2D eigenvalue weighted by atomic mass is 16.6. The zero-order valence-electron chi connectivity index (χ0n) is 17.2. The average Bonchev–Trinajstić information content (AvgIpc) is 3.03. The van der Waals surface area contributed by atoms with E-state index in [0.717, 1.165) is 58.1 Å². The Balaban J connectivity index is 1.36. The lowest BCUT2D eigenvalue weighted by molar-refractivity contribution is -0.384. The molecule has 0 bridgehead atoms. The van der Waals surface area contributed by atoms with Crippen LogP contribution in [0.5, 0.6) is 0 Å². The molecular formula is C20H29N7O2. The van der Waals surface area contributed by atoms with E-state index in [4.69, 9.17) is 0 Å². The Bertz CT molecular complexity index is 846. The Morgan fingerprint density at radius 3 is 2.66 bits per heavy atom. The Hall–Kier alpha value is -2.68. The fourth-order valence-corrected chi connectivity index (χ4v) is 4.67. The highest BCUT2D eigenvalue weighted by molar-refractivity contribution is 5.61. The quantitative estimate of drug-likeness (QED) is 0.562. The van der Waals surface area contributed by atoms with Gasteiger partial charge in [0.2, 0.25) is 5.82 Å². The zero-order chi connectivity index (χ0) is 20.4. The third kappa shape index (κ3) is 4.19. The second-order valence-electron chi connectivity index (χ2n) is 8.07. The van der Waals surface area contributed by atoms with E-state index in [-0.39, 0.29) is 10.6 Å². The fourth-order valence-electron chi connectivity index (χ4n) is 4.67. The van der Waals surface area contributed by atoms with Crippen molar-refractivity contribution in [1.29, 1.82) is 0 Å². The SMILES string of the molecule is Cc1nn(C)c(N2CCCC(CN3CCN(c4ccccn4)CC3)C2)c1[N+](=O)[O-]. The maximum Gasteiger partial charge on any atom is 0.333 e. The van der Waals surface area contributed by atoms with E-state index >= 15 is 0 Å². The van der Waals surface area contributed by atoms with Crippen molar-refractivity contribution in [1.82, 2.24) is 19.7 Å². The van der Waals surface area contributed by atoms with Crippen LogP contribution in [-0.2, 0) is 7.05 Å². The number of hydrogen-bond donors (Lipinski definition) is 0. The maximum absolute atomic E-state index is 11.6. The van der Waals surface area contributed by atoms with Crippen LogP contribution >= 0.6 is 0 Å². The molecule has 0 aliphatic carbocycles. The Morgan fingerprint density at radius 2 is 1.97 bits per heavy atom. The summed E-state index contributed by atoms with van der Waals surface area (Å²) in [5.74, 6) is 2.21. The summed E-state index contributed by atoms with van der Waals surface area (Å²) >= 11 is 0. The fraction of sp³-hybridized carbons (Fsp3) is 0.600. The molecule has 29 heavy (non-hydrogen) atoms. The van der Waals surface area contributed by atoms with E-state index < -0.39 is 0 Å². The smallest absolute Gasteiger partial charge is 0.333 e. The minimum absolute atomic E-state index is 0.150. The van der Waals surface area contributed by atoms with Crippen molar-refractivity contribution in [3.05, 3.63) is 40.2 Å². The number of hydrogen-bond acceptors (Lipinski definition) is 7. The molecular weight excluding hydrogens is 370 g/mol. The third-order valence-electron chi connectivity index (χ3n) is 6.02. The van der Waals surface area contributed by atoms with Crippen LogP contribution in [0.1, 0.15) is 18.5 Å². The minimum Gasteiger partial charge on any atom is -0.354 e. The summed E-state index contributed by atoms with van der Waals surface area (Å²) < 4.78 is 1.67. The molecule has 0 aromatic carbocycles. The molecule has 9 heteroatoms. The van der Waals surface area contributed by atoms with Gasteiger partial charge < -0.3 is 9.80 Å². The molecule has 1 atom stereocenters. The summed E-state index contributed by atoms with van der Waals surface area (Å²) in [6.07, 6.45) is 4.07. The second kappa shape index (κ2) is 8.36. The molecule has 9 nitrogen and oxygen atoms in total. The third-order valence-corrected chi connectivity index (χ3v) is 6.02. The number of nitro groups is 1. The first-order valence-corrected chi connectivity index (χ1v) is 10.3. The summed E-state index contributed by atoms with van der Waals surface area (Å²) in [5.41, 5.74) is 0.636. The number of anilines is 2. The predicted molar refractivity (Wildman–Crippen MR) is 112 cm³/mol. The van der Waals surface area contributed by atoms with Crippen LogP contribution in [0, 0.1) is 23.0 Å². The Labute approximate surface area is 171 Å². The van der Waals surface area contributed by atoms with E-state index in [0.29, 0.717) is 17.4 Å². The molecule has 2 saturated heterocycles. The molecule has 2 aromatic heterocycles. The summed E-state index contributed by atoms with van der Waals surface area (Å²) in [6.45, 7) is 8.47. The molecule has 2 aromatic rings. The van der Waals surface area contributed by atoms with Crippen LogP contribution in [-0.4, -0.2) is 70.4 Å². The normalized spacial score (nSPS) is 20.8. The topological polar surface area (TPSA) is 83.6 Å². The zero-order valence-corrected chi connectivity index (χ0v) is 17.2. The first-order chi connectivity index (χ1) is 14.0. The number of piperazine rings is 1. The molecule has 2 aliphatic rings. The van der Waals surface area contributed by atoms with Crippen LogP contribution in [0.25, 0.3) is 0 Å². The lowest BCUT2D eigenvalue weighted by Gasteiger charge is -2.40. The molecule has 2 aliphatic heterocycles. The van der Waals surface area contributed by atoms with Gasteiger partial charge in [0.05, 0.1) is 4.92 Å². The van der Waals surface area contributed by atoms with Crippen LogP contribution in [0.2, 0.25) is 0 Å². The number of aryl methyl sites for hydroxylation is 2. The van der Waals surface area contributed by atoms with Gasteiger partial charge in [-0.25, -0.2) is 9.67 Å². The monoisotopic (exact) mass is 399 g/mol. The summed E-state index contributed by atoms with van der Waals surface area (Å²) in [7, 11) is 1.80. The summed E-state index contributed by atoms with van der Waals surface area (Å²) in [4.78, 5) is 22.7. The number of piperidine rings is 1. The van der Waals surface area contributed by atoms with Crippen molar-refractivity contribution >= 4 is 17.3 Å². The van der Waals surface area contributed by atoms with E-state index in [1.807, 2.05) is 18.3 Å². The highest BCUT2D eigenvalue weighted by Crippen LogP contribution is 2.33. The van der Waals surface area contributed by atoms with Crippen LogP contribution < -0.4 is 9.80 Å². The Kier molecular flexibility index (Phi) is 5.66. The number of pyridine rings is 1. The molecule has 1 unspecified atom stereocenters. The molecule has 156 valence electrons. The minimum atomic E-state index is -0.294. The van der Waals surface area contributed by atoms with Gasteiger partial charge in [-0.1, -0.05) is 6.07 Å². The van der Waals surface area contributed by atoms with Gasteiger partial charge >= 0.3 is 5.69 Å². The van der Waals surface area contributed by atoms with Crippen LogP contribution in [0.4, 0.5) is 17.3 Å². The molecule has 0 radical (unpaired) electrons. The van der Waals surface area contributed by atoms with Gasteiger partial charge in [0.15, 0.2) is 0 Å². The number of rotatable bonds is 5. The van der Waals surface area contributed by atoms with Gasteiger partial charge in [-0.15, -0.1) is 0 Å². The average molecular weight is 399 g/mol. The van der Waals surface area contributed by atoms with Crippen molar-refractivity contribution in [3.8, 4) is 0 Å². The molecule has 0 N–H and O–H groups in total. The van der Waals surface area contributed by atoms with E-state index in [2.05, 4.69) is 30.8 Å². The molecule has 0 saturated carbocycles. The van der Waals surface area contributed by atoms with Gasteiger partial charge in [0.1, 0.15) is 11.5 Å². The predicted octanol–water partition coefficient (Wildman–Crippen LogP) is 2.07. The van der Waals surface area contributed by atoms with Crippen molar-refractivity contribution < 1.29 is 4.92 Å². The van der Waals surface area contributed by atoms with Gasteiger partial charge in [-0.05, 0) is 37.8 Å². The molecule has 4 heterocycles. The first-order valence-electron chi connectivity index (χ1n) is 10.3. The number of aromatic nitrogens is 3. The molecule has 2 fully saturated rings. The van der Waals surface area contributed by atoms with Crippen molar-refractivity contribution in [2.24, 2.45) is 13.0 Å². The molecule has 0 amide bonds. The van der Waals surface area contributed by atoms with Gasteiger partial charge in [0, 0.05) is 59.1 Å². The van der Waals surface area contributed by atoms with Crippen LogP contribution in [0.15, 0.2) is 24.4 Å². The summed E-state index contributed by atoms with van der Waals surface area (Å²) in [5, 5.41) is 15.8. The maximum atomic E-state index is 11.6. The van der Waals surface area contributed by atoms with Gasteiger partial charge in [-0.3, -0.25) is 15.0 Å². The molecule has 4 rings (SSSR count). The number of nitrogens with zero attached hydrogens (tertiary/aromatic N) is 7. The van der Waals surface area contributed by atoms with Crippen molar-refractivity contribution in [2.45, 2.75) is 19.8 Å². The Morgan fingerprint density at radius 1 is 1.17 bits per heavy atom. The largest absolute Gasteiger partial charge is 0.354 e. The van der Waals surface area contributed by atoms with Crippen molar-refractivity contribution in [2.75, 3.05) is 55.6 Å². The van der Waals surface area contributed by atoms with Crippen LogP contribution in [0.3, 0.4) is 0 Å². The summed E-state index contributed by atoms with van der Waals surface area (Å²) in [6, 6.07) is 6.05. The van der Waals surface area contributed by atoms with E-state index in [1.165, 1.54) is 6.42 Å². The molecule has 0 spiro atoms. The lowest BCUT2D eigenvalue weighted by Crippen LogP contribution is -2.50.